The summed E-state index contributed by atoms with van der Waals surface area (Å²) in [5, 5.41) is 0. The number of para-hydroxylation sites is 2. The molecule has 0 aliphatic heterocycles. The van der Waals surface area contributed by atoms with Gasteiger partial charge < -0.3 is 20.9 Å². The number of rotatable bonds is 4. The van der Waals surface area contributed by atoms with E-state index in [1.165, 1.54) is 0 Å². The van der Waals surface area contributed by atoms with Gasteiger partial charge in [0, 0.05) is 11.1 Å². The minimum absolute atomic E-state index is 0.0373. The Kier molecular flexibility index (Phi) is 4.36. The Labute approximate surface area is 161 Å². The fourth-order valence-electron chi connectivity index (χ4n) is 3.04. The van der Waals surface area contributed by atoms with Gasteiger partial charge in [0.15, 0.2) is 17.0 Å². The summed E-state index contributed by atoms with van der Waals surface area (Å²) in [6, 6.07) is 15.1. The Balaban J connectivity index is 2.12. The number of methoxy groups -OCH3 is 2. The molecule has 0 spiro atoms. The lowest BCUT2D eigenvalue weighted by molar-refractivity contribution is 0.415. The number of nitrogens with two attached hydrogens (primary N) is 2. The van der Waals surface area contributed by atoms with Gasteiger partial charge in [-0.05, 0) is 24.3 Å². The highest BCUT2D eigenvalue weighted by Gasteiger charge is 2.20. The second-order valence-electron chi connectivity index (χ2n) is 5.96. The maximum absolute atomic E-state index is 6.03. The van der Waals surface area contributed by atoms with Crippen molar-refractivity contribution in [2.24, 2.45) is 0 Å². The van der Waals surface area contributed by atoms with Gasteiger partial charge in [-0.25, -0.2) is 9.97 Å². The fourth-order valence-corrected chi connectivity index (χ4v) is 3.04. The Morgan fingerprint density at radius 1 is 0.679 bits per heavy atom. The number of aromatic nitrogens is 4. The van der Waals surface area contributed by atoms with E-state index in [1.54, 1.807) is 14.2 Å². The van der Waals surface area contributed by atoms with Gasteiger partial charge >= 0.3 is 0 Å². The van der Waals surface area contributed by atoms with Gasteiger partial charge in [0.1, 0.15) is 22.9 Å². The Morgan fingerprint density at radius 3 is 1.79 bits per heavy atom. The van der Waals surface area contributed by atoms with Crippen LogP contribution in [0, 0.1) is 0 Å². The van der Waals surface area contributed by atoms with Crippen LogP contribution in [0.3, 0.4) is 0 Å². The van der Waals surface area contributed by atoms with Crippen molar-refractivity contribution in [2.75, 3.05) is 25.7 Å². The van der Waals surface area contributed by atoms with Gasteiger partial charge in [-0.3, -0.25) is 0 Å². The summed E-state index contributed by atoms with van der Waals surface area (Å²) in [4.78, 5) is 17.7. The predicted octanol–water partition coefficient (Wildman–Crippen LogP) is 2.94. The fraction of sp³-hybridized carbons (Fsp3) is 0.100. The van der Waals surface area contributed by atoms with Crippen LogP contribution in [-0.2, 0) is 0 Å². The summed E-state index contributed by atoms with van der Waals surface area (Å²) < 4.78 is 11.1. The Bertz CT molecular complexity index is 1180. The molecule has 4 aromatic rings. The number of ether oxygens (including phenoxy) is 2. The molecule has 0 fully saturated rings. The third-order valence-electron chi connectivity index (χ3n) is 4.30. The van der Waals surface area contributed by atoms with E-state index in [2.05, 4.69) is 9.97 Å². The van der Waals surface area contributed by atoms with Crippen LogP contribution in [0.15, 0.2) is 48.5 Å². The molecule has 4 rings (SSSR count). The Hall–Kier alpha value is -3.94. The van der Waals surface area contributed by atoms with Crippen LogP contribution in [0.4, 0.5) is 11.8 Å². The molecule has 2 aromatic carbocycles. The molecule has 2 heterocycles. The summed E-state index contributed by atoms with van der Waals surface area (Å²) in [5.41, 5.74) is 15.1. The van der Waals surface area contributed by atoms with Crippen molar-refractivity contribution in [2.45, 2.75) is 0 Å². The molecular weight excluding hydrogens is 356 g/mol. The second-order valence-corrected chi connectivity index (χ2v) is 5.96. The molecule has 0 aliphatic rings. The number of fused-ring (bicyclic) bond motifs is 1. The largest absolute Gasteiger partial charge is 0.496 e. The molecule has 0 radical (unpaired) electrons. The summed E-state index contributed by atoms with van der Waals surface area (Å²) >= 11 is 0. The minimum Gasteiger partial charge on any atom is -0.496 e. The third-order valence-corrected chi connectivity index (χ3v) is 4.30. The van der Waals surface area contributed by atoms with E-state index in [4.69, 9.17) is 30.9 Å². The van der Waals surface area contributed by atoms with Gasteiger partial charge in [-0.15, -0.1) is 0 Å². The van der Waals surface area contributed by atoms with E-state index in [-0.39, 0.29) is 11.8 Å². The zero-order valence-corrected chi connectivity index (χ0v) is 15.4. The van der Waals surface area contributed by atoms with E-state index >= 15 is 0 Å². The molecular formula is C20H18N6O2. The highest BCUT2D eigenvalue weighted by atomic mass is 16.5. The first kappa shape index (κ1) is 17.5. The molecule has 0 atom stereocenters. The lowest BCUT2D eigenvalue weighted by Gasteiger charge is -2.15. The normalized spacial score (nSPS) is 10.8. The zero-order valence-electron chi connectivity index (χ0n) is 15.4. The van der Waals surface area contributed by atoms with Crippen LogP contribution in [0.25, 0.3) is 33.7 Å². The van der Waals surface area contributed by atoms with E-state index in [1.807, 2.05) is 48.5 Å². The van der Waals surface area contributed by atoms with Crippen molar-refractivity contribution in [3.63, 3.8) is 0 Å². The first-order valence-corrected chi connectivity index (χ1v) is 8.50. The van der Waals surface area contributed by atoms with E-state index in [9.17, 15) is 0 Å². The van der Waals surface area contributed by atoms with Crippen molar-refractivity contribution in [3.05, 3.63) is 48.5 Å². The molecule has 2 aromatic heterocycles. The van der Waals surface area contributed by atoms with Gasteiger partial charge in [0.05, 0.1) is 14.2 Å². The van der Waals surface area contributed by atoms with E-state index in [0.717, 1.165) is 11.1 Å². The Morgan fingerprint density at radius 2 is 1.21 bits per heavy atom. The lowest BCUT2D eigenvalue weighted by atomic mass is 10.0. The van der Waals surface area contributed by atoms with Crippen LogP contribution < -0.4 is 20.9 Å². The first-order chi connectivity index (χ1) is 13.6. The zero-order chi connectivity index (χ0) is 19.7. The molecule has 0 amide bonds. The topological polar surface area (TPSA) is 122 Å². The number of anilines is 2. The van der Waals surface area contributed by atoms with Gasteiger partial charge in [0.25, 0.3) is 0 Å². The first-order valence-electron chi connectivity index (χ1n) is 8.50. The van der Waals surface area contributed by atoms with E-state index < -0.39 is 0 Å². The van der Waals surface area contributed by atoms with Crippen molar-refractivity contribution in [3.8, 4) is 34.0 Å². The van der Waals surface area contributed by atoms with Crippen LogP contribution in [-0.4, -0.2) is 34.2 Å². The molecule has 0 bridgehead atoms. The van der Waals surface area contributed by atoms with Gasteiger partial charge in [0.2, 0.25) is 5.95 Å². The van der Waals surface area contributed by atoms with Crippen LogP contribution in [0.1, 0.15) is 0 Å². The quantitative estimate of drug-likeness (QED) is 0.559. The van der Waals surface area contributed by atoms with Crippen LogP contribution >= 0.6 is 0 Å². The second kappa shape index (κ2) is 6.99. The molecule has 8 heteroatoms. The lowest BCUT2D eigenvalue weighted by Crippen LogP contribution is -2.06. The molecule has 28 heavy (non-hydrogen) atoms. The molecule has 0 saturated heterocycles. The summed E-state index contributed by atoms with van der Waals surface area (Å²) in [7, 11) is 3.21. The molecule has 8 nitrogen and oxygen atoms in total. The smallest absolute Gasteiger partial charge is 0.224 e. The number of benzene rings is 2. The molecule has 0 aliphatic carbocycles. The van der Waals surface area contributed by atoms with Gasteiger partial charge in [-0.1, -0.05) is 24.3 Å². The molecule has 140 valence electrons. The monoisotopic (exact) mass is 374 g/mol. The number of nitrogen functional groups attached to an aromatic ring is 2. The maximum atomic E-state index is 6.03. The van der Waals surface area contributed by atoms with E-state index in [0.29, 0.717) is 34.1 Å². The average Bonchev–Trinajstić information content (AvgIpc) is 2.72. The minimum atomic E-state index is 0.0373. The molecule has 0 saturated carbocycles. The van der Waals surface area contributed by atoms with Crippen LogP contribution in [0.2, 0.25) is 0 Å². The highest BCUT2D eigenvalue weighted by Crippen LogP contribution is 2.39. The average molecular weight is 374 g/mol. The van der Waals surface area contributed by atoms with Crippen molar-refractivity contribution >= 4 is 22.9 Å². The van der Waals surface area contributed by atoms with Crippen LogP contribution in [0.5, 0.6) is 11.5 Å². The number of hydrogen-bond acceptors (Lipinski definition) is 8. The SMILES string of the molecule is COc1ccccc1-c1nc2nc(N)nc(N)c2nc1-c1ccccc1OC. The standard InChI is InChI=1S/C20H18N6O2/c1-27-13-9-5-3-7-11(13)15-16(12-8-4-6-10-14(12)28-2)24-19-17(23-15)18(21)25-20(22)26-19/h3-10H,1-2H3,(H4,21,22,24,25,26). The predicted molar refractivity (Wildman–Crippen MR) is 108 cm³/mol. The highest BCUT2D eigenvalue weighted by molar-refractivity contribution is 5.91. The summed E-state index contributed by atoms with van der Waals surface area (Å²) in [6.07, 6.45) is 0. The van der Waals surface area contributed by atoms with Crippen molar-refractivity contribution in [1.82, 2.24) is 19.9 Å². The molecule has 0 unspecified atom stereocenters. The van der Waals surface area contributed by atoms with Crippen molar-refractivity contribution in [1.29, 1.82) is 0 Å². The van der Waals surface area contributed by atoms with Gasteiger partial charge in [-0.2, -0.15) is 9.97 Å². The summed E-state index contributed by atoms with van der Waals surface area (Å²) in [5.74, 6) is 1.51. The summed E-state index contributed by atoms with van der Waals surface area (Å²) in [6.45, 7) is 0. The molecule has 4 N–H and O–H groups in total. The number of nitrogens with zero attached hydrogens (tertiary/aromatic N) is 4. The third kappa shape index (κ3) is 2.90. The number of hydrogen-bond donors (Lipinski definition) is 2. The maximum Gasteiger partial charge on any atom is 0.224 e. The van der Waals surface area contributed by atoms with Crippen molar-refractivity contribution < 1.29 is 9.47 Å².